The van der Waals surface area contributed by atoms with Crippen molar-refractivity contribution in [2.45, 2.75) is 25.7 Å². The van der Waals surface area contributed by atoms with Crippen LogP contribution in [0, 0.1) is 20.8 Å². The van der Waals surface area contributed by atoms with E-state index in [2.05, 4.69) is 4.98 Å². The Morgan fingerprint density at radius 2 is 1.71 bits per heavy atom. The molecule has 0 atom stereocenters. The number of carbonyl (C=O) groups is 1. The topological polar surface area (TPSA) is 87.6 Å². The summed E-state index contributed by atoms with van der Waals surface area (Å²) in [7, 11) is -4.14. The van der Waals surface area contributed by atoms with E-state index in [-0.39, 0.29) is 10.5 Å². The van der Waals surface area contributed by atoms with Crippen molar-refractivity contribution in [3.05, 3.63) is 82.9 Å². The number of nitrogens with zero attached hydrogens (tertiary/aromatic N) is 2. The number of thiazole rings is 1. The molecule has 158 valence electrons. The molecular formula is C23H20N2O4S2. The van der Waals surface area contributed by atoms with Gasteiger partial charge in [-0.2, -0.15) is 0 Å². The number of sulfonamides is 1. The number of anilines is 2. The Morgan fingerprint density at radius 1 is 1.00 bits per heavy atom. The number of hydrogen-bond donors (Lipinski definition) is 1. The smallest absolute Gasteiger partial charge is 0.336 e. The second-order valence-electron chi connectivity index (χ2n) is 7.29. The molecule has 0 spiro atoms. The quantitative estimate of drug-likeness (QED) is 0.435. The number of aromatic carboxylic acids is 1. The number of benzene rings is 3. The first kappa shape index (κ1) is 21.0. The zero-order chi connectivity index (χ0) is 22.3. The predicted molar refractivity (Wildman–Crippen MR) is 123 cm³/mol. The number of aryl methyl sites for hydroxylation is 2. The van der Waals surface area contributed by atoms with Gasteiger partial charge >= 0.3 is 5.97 Å². The largest absolute Gasteiger partial charge is 0.478 e. The summed E-state index contributed by atoms with van der Waals surface area (Å²) in [6, 6.07) is 17.1. The van der Waals surface area contributed by atoms with Crippen molar-refractivity contribution in [2.75, 3.05) is 4.31 Å². The molecule has 1 N–H and O–H groups in total. The zero-order valence-corrected chi connectivity index (χ0v) is 18.8. The Hall–Kier alpha value is -3.23. The van der Waals surface area contributed by atoms with Gasteiger partial charge in [0.1, 0.15) is 0 Å². The average Bonchev–Trinajstić information content (AvgIpc) is 3.12. The van der Waals surface area contributed by atoms with E-state index in [0.717, 1.165) is 10.3 Å². The number of para-hydroxylation sites is 1. The molecule has 0 saturated heterocycles. The van der Waals surface area contributed by atoms with Crippen molar-refractivity contribution in [2.24, 2.45) is 0 Å². The normalized spacial score (nSPS) is 11.6. The Labute approximate surface area is 184 Å². The van der Waals surface area contributed by atoms with E-state index >= 15 is 0 Å². The first-order valence-electron chi connectivity index (χ1n) is 9.50. The molecule has 0 unspecified atom stereocenters. The van der Waals surface area contributed by atoms with E-state index in [4.69, 9.17) is 0 Å². The Bertz CT molecular complexity index is 1410. The van der Waals surface area contributed by atoms with Crippen LogP contribution in [0.1, 0.15) is 27.0 Å². The number of aromatic nitrogens is 1. The lowest BCUT2D eigenvalue weighted by atomic mass is 10.0. The Balaban J connectivity index is 1.96. The van der Waals surface area contributed by atoms with Crippen molar-refractivity contribution in [1.29, 1.82) is 0 Å². The van der Waals surface area contributed by atoms with Crippen LogP contribution in [-0.4, -0.2) is 24.5 Å². The number of hydrogen-bond acceptors (Lipinski definition) is 5. The second-order valence-corrected chi connectivity index (χ2v) is 10.1. The molecule has 0 bridgehead atoms. The average molecular weight is 453 g/mol. The molecule has 0 fully saturated rings. The first-order chi connectivity index (χ1) is 14.7. The van der Waals surface area contributed by atoms with Crippen molar-refractivity contribution >= 4 is 48.4 Å². The Kier molecular flexibility index (Phi) is 5.28. The maximum absolute atomic E-state index is 13.8. The highest BCUT2D eigenvalue weighted by molar-refractivity contribution is 7.93. The lowest BCUT2D eigenvalue weighted by Gasteiger charge is -2.22. The standard InChI is InChI=1S/C23H20N2O4S2/c1-14-9-10-20-21(11-14)30-23(24-20)25(17-7-5-4-6-8-17)31(28,29)18-12-15(2)16(3)19(13-18)22(26)27/h4-13H,1-3H3,(H,26,27). The summed E-state index contributed by atoms with van der Waals surface area (Å²) in [6.07, 6.45) is 0. The SMILES string of the molecule is Cc1ccc2nc(N(c3ccccc3)S(=O)(=O)c3cc(C)c(C)c(C(=O)O)c3)sc2c1. The second kappa shape index (κ2) is 7.79. The van der Waals surface area contributed by atoms with Crippen LogP contribution >= 0.6 is 11.3 Å². The fourth-order valence-corrected chi connectivity index (χ4v) is 6.17. The molecular weight excluding hydrogens is 432 g/mol. The Morgan fingerprint density at radius 3 is 2.39 bits per heavy atom. The molecule has 0 aliphatic heterocycles. The molecule has 4 rings (SSSR count). The van der Waals surface area contributed by atoms with Crippen molar-refractivity contribution in [1.82, 2.24) is 4.98 Å². The maximum Gasteiger partial charge on any atom is 0.336 e. The monoisotopic (exact) mass is 452 g/mol. The van der Waals surface area contributed by atoms with Gasteiger partial charge < -0.3 is 5.11 Å². The van der Waals surface area contributed by atoms with Gasteiger partial charge in [-0.25, -0.2) is 22.5 Å². The van der Waals surface area contributed by atoms with Crippen molar-refractivity contribution < 1.29 is 18.3 Å². The van der Waals surface area contributed by atoms with Crippen molar-refractivity contribution in [3.63, 3.8) is 0 Å². The highest BCUT2D eigenvalue weighted by Crippen LogP contribution is 2.38. The number of carboxylic acids is 1. The van der Waals surface area contributed by atoms with Crippen LogP contribution in [0.4, 0.5) is 10.8 Å². The van der Waals surface area contributed by atoms with Crippen LogP contribution < -0.4 is 4.31 Å². The molecule has 31 heavy (non-hydrogen) atoms. The summed E-state index contributed by atoms with van der Waals surface area (Å²) in [5.74, 6) is -1.17. The van der Waals surface area contributed by atoms with Gasteiger partial charge in [-0.1, -0.05) is 35.6 Å². The molecule has 0 saturated carbocycles. The summed E-state index contributed by atoms with van der Waals surface area (Å²) in [5.41, 5.74) is 3.27. The summed E-state index contributed by atoms with van der Waals surface area (Å²) in [6.45, 7) is 5.33. The van der Waals surface area contributed by atoms with E-state index in [1.54, 1.807) is 44.2 Å². The minimum absolute atomic E-state index is 0.0356. The molecule has 0 radical (unpaired) electrons. The third-order valence-corrected chi connectivity index (χ3v) is 7.92. The van der Waals surface area contributed by atoms with Crippen LogP contribution in [0.25, 0.3) is 10.2 Å². The van der Waals surface area contributed by atoms with E-state index in [9.17, 15) is 18.3 Å². The molecule has 6 nitrogen and oxygen atoms in total. The fourth-order valence-electron chi connectivity index (χ4n) is 3.32. The highest BCUT2D eigenvalue weighted by atomic mass is 32.2. The lowest BCUT2D eigenvalue weighted by molar-refractivity contribution is 0.0695. The van der Waals surface area contributed by atoms with Gasteiger partial charge in [0, 0.05) is 0 Å². The predicted octanol–water partition coefficient (Wildman–Crippen LogP) is 5.45. The molecule has 4 aromatic rings. The summed E-state index contributed by atoms with van der Waals surface area (Å²) >= 11 is 1.27. The van der Waals surface area contributed by atoms with Crippen LogP contribution in [-0.2, 0) is 10.0 Å². The molecule has 0 amide bonds. The maximum atomic E-state index is 13.8. The van der Waals surface area contributed by atoms with Crippen molar-refractivity contribution in [3.8, 4) is 0 Å². The minimum Gasteiger partial charge on any atom is -0.478 e. The van der Waals surface area contributed by atoms with Gasteiger partial charge in [0.2, 0.25) is 5.13 Å². The van der Waals surface area contributed by atoms with E-state index in [1.165, 1.54) is 27.8 Å². The number of rotatable bonds is 5. The highest BCUT2D eigenvalue weighted by Gasteiger charge is 2.31. The first-order valence-corrected chi connectivity index (χ1v) is 11.8. The van der Waals surface area contributed by atoms with Gasteiger partial charge in [0.15, 0.2) is 0 Å². The third kappa shape index (κ3) is 3.80. The van der Waals surface area contributed by atoms with Crippen LogP contribution in [0.3, 0.4) is 0 Å². The van der Waals surface area contributed by atoms with E-state index in [0.29, 0.717) is 27.5 Å². The van der Waals surface area contributed by atoms with E-state index < -0.39 is 16.0 Å². The minimum atomic E-state index is -4.14. The zero-order valence-electron chi connectivity index (χ0n) is 17.2. The molecule has 0 aliphatic rings. The van der Waals surface area contributed by atoms with Gasteiger partial charge in [0.25, 0.3) is 10.0 Å². The van der Waals surface area contributed by atoms with E-state index in [1.807, 2.05) is 25.1 Å². The summed E-state index contributed by atoms with van der Waals surface area (Å²) in [5, 5.41) is 9.85. The number of carboxylic acid groups (broad SMARTS) is 1. The summed E-state index contributed by atoms with van der Waals surface area (Å²) in [4.78, 5) is 16.2. The van der Waals surface area contributed by atoms with Gasteiger partial charge in [-0.3, -0.25) is 0 Å². The molecule has 1 aromatic heterocycles. The number of fused-ring (bicyclic) bond motifs is 1. The third-order valence-electron chi connectivity index (χ3n) is 5.11. The summed E-state index contributed by atoms with van der Waals surface area (Å²) < 4.78 is 29.7. The van der Waals surface area contributed by atoms with Crippen LogP contribution in [0.2, 0.25) is 0 Å². The van der Waals surface area contributed by atoms with Gasteiger partial charge in [-0.15, -0.1) is 0 Å². The molecule has 1 heterocycles. The molecule has 8 heteroatoms. The lowest BCUT2D eigenvalue weighted by Crippen LogP contribution is -2.26. The molecule has 0 aliphatic carbocycles. The molecule has 3 aromatic carbocycles. The fraction of sp³-hybridized carbons (Fsp3) is 0.130. The van der Waals surface area contributed by atoms with Gasteiger partial charge in [-0.05, 0) is 73.9 Å². The van der Waals surface area contributed by atoms with Gasteiger partial charge in [0.05, 0.1) is 26.4 Å². The van der Waals surface area contributed by atoms with Crippen LogP contribution in [0.15, 0.2) is 65.6 Å². The van der Waals surface area contributed by atoms with Crippen LogP contribution in [0.5, 0.6) is 0 Å².